The fourth-order valence-corrected chi connectivity index (χ4v) is 5.80. The Kier molecular flexibility index (Phi) is 5.26. The van der Waals surface area contributed by atoms with Crippen LogP contribution in [0.2, 0.25) is 0 Å². The van der Waals surface area contributed by atoms with Gasteiger partial charge in [-0.3, -0.25) is 14.7 Å². The third-order valence-corrected chi connectivity index (χ3v) is 8.36. The molecule has 0 spiro atoms. The third-order valence-electron chi connectivity index (χ3n) is 6.68. The van der Waals surface area contributed by atoms with Crippen LogP contribution in [-0.4, -0.2) is 49.4 Å². The molecule has 0 atom stereocenters. The zero-order valence-corrected chi connectivity index (χ0v) is 19.1. The number of carbonyl (C=O) groups excluding carboxylic acids is 1. The minimum absolute atomic E-state index is 0.121. The second-order valence-electron chi connectivity index (χ2n) is 8.84. The van der Waals surface area contributed by atoms with Crippen molar-refractivity contribution >= 4 is 21.3 Å². The van der Waals surface area contributed by atoms with Gasteiger partial charge < -0.3 is 4.74 Å². The number of hydrogen-bond acceptors (Lipinski definition) is 6. The Bertz CT molecular complexity index is 1270. The molecule has 0 saturated carbocycles. The molecule has 0 bridgehead atoms. The van der Waals surface area contributed by atoms with E-state index in [0.29, 0.717) is 56.1 Å². The van der Waals surface area contributed by atoms with E-state index in [4.69, 9.17) is 4.74 Å². The number of nitrogens with zero attached hydrogens (tertiary/aromatic N) is 2. The van der Waals surface area contributed by atoms with Crippen LogP contribution >= 0.6 is 0 Å². The van der Waals surface area contributed by atoms with Gasteiger partial charge in [0.2, 0.25) is 5.78 Å². The van der Waals surface area contributed by atoms with E-state index in [2.05, 4.69) is 9.89 Å². The molecule has 3 aliphatic rings. The molecule has 32 heavy (non-hydrogen) atoms. The molecule has 1 saturated heterocycles. The first-order chi connectivity index (χ1) is 15.3. The molecule has 1 fully saturated rings. The van der Waals surface area contributed by atoms with Crippen molar-refractivity contribution in [2.45, 2.75) is 38.1 Å². The second-order valence-corrected chi connectivity index (χ2v) is 11.2. The summed E-state index contributed by atoms with van der Waals surface area (Å²) in [6, 6.07) is 11.8. The Morgan fingerprint density at radius 1 is 1.12 bits per heavy atom. The molecule has 5 rings (SSSR count). The first-order valence-electron chi connectivity index (χ1n) is 10.9. The molecular weight excluding hydrogens is 424 g/mol. The monoisotopic (exact) mass is 450 g/mol. The number of fused-ring (bicyclic) bond motifs is 2. The van der Waals surface area contributed by atoms with Crippen molar-refractivity contribution in [3.8, 4) is 5.75 Å². The highest BCUT2D eigenvalue weighted by molar-refractivity contribution is 7.91. The van der Waals surface area contributed by atoms with Gasteiger partial charge in [-0.1, -0.05) is 30.3 Å². The molecule has 3 aliphatic heterocycles. The third kappa shape index (κ3) is 3.80. The minimum Gasteiger partial charge on any atom is -0.452 e. The number of piperidine rings is 1. The van der Waals surface area contributed by atoms with Gasteiger partial charge in [0.1, 0.15) is 15.6 Å². The van der Waals surface area contributed by atoms with E-state index in [9.17, 15) is 13.2 Å². The van der Waals surface area contributed by atoms with Crippen LogP contribution in [0.1, 0.15) is 45.5 Å². The van der Waals surface area contributed by atoms with E-state index in [1.807, 2.05) is 43.3 Å². The number of aliphatic imine (C=N–C) groups is 1. The molecule has 0 aliphatic carbocycles. The van der Waals surface area contributed by atoms with Crippen LogP contribution in [0, 0.1) is 6.92 Å². The molecule has 0 amide bonds. The number of allylic oxidation sites excluding steroid dienone is 2. The van der Waals surface area contributed by atoms with E-state index in [0.717, 1.165) is 28.0 Å². The average Bonchev–Trinajstić information content (AvgIpc) is 3.32. The number of carbonyl (C=O) groups is 1. The second kappa shape index (κ2) is 7.98. The number of Topliss-reactive ketones (excluding diaryl/α,β-unsaturated/α-hetero) is 1. The van der Waals surface area contributed by atoms with Crippen molar-refractivity contribution in [1.29, 1.82) is 0 Å². The molecule has 3 heterocycles. The number of ketones is 1. The Balaban J connectivity index is 1.38. The van der Waals surface area contributed by atoms with Crippen molar-refractivity contribution in [2.75, 3.05) is 19.3 Å². The summed E-state index contributed by atoms with van der Waals surface area (Å²) in [6.45, 7) is 4.70. The van der Waals surface area contributed by atoms with Crippen molar-refractivity contribution < 1.29 is 17.9 Å². The molecule has 2 aromatic carbocycles. The summed E-state index contributed by atoms with van der Waals surface area (Å²) in [5, 5.41) is -0.260. The molecule has 7 heteroatoms. The number of rotatable bonds is 4. The SMILES string of the molecule is Cc1ccc2c(c1CN1CCC(S(C)(=O)=O)CC1)O/C(=C\C1=NCc3ccccc31)C2=O. The number of sulfone groups is 1. The van der Waals surface area contributed by atoms with E-state index in [-0.39, 0.29) is 11.0 Å². The van der Waals surface area contributed by atoms with Gasteiger partial charge in [-0.25, -0.2) is 8.42 Å². The van der Waals surface area contributed by atoms with Crippen LogP contribution in [0.3, 0.4) is 0 Å². The van der Waals surface area contributed by atoms with Gasteiger partial charge in [-0.15, -0.1) is 0 Å². The Morgan fingerprint density at radius 3 is 2.62 bits per heavy atom. The lowest BCUT2D eigenvalue weighted by Crippen LogP contribution is -2.38. The molecule has 0 N–H and O–H groups in total. The lowest BCUT2D eigenvalue weighted by atomic mass is 10.00. The highest BCUT2D eigenvalue weighted by Gasteiger charge is 2.33. The summed E-state index contributed by atoms with van der Waals surface area (Å²) in [4.78, 5) is 19.9. The van der Waals surface area contributed by atoms with E-state index in [1.165, 1.54) is 6.26 Å². The van der Waals surface area contributed by atoms with Crippen LogP contribution in [0.15, 0.2) is 53.2 Å². The van der Waals surface area contributed by atoms with Crippen LogP contribution in [0.25, 0.3) is 0 Å². The smallest absolute Gasteiger partial charge is 0.232 e. The van der Waals surface area contributed by atoms with Gasteiger partial charge in [0.05, 0.1) is 23.1 Å². The molecule has 0 unspecified atom stereocenters. The van der Waals surface area contributed by atoms with Crippen LogP contribution in [-0.2, 0) is 22.9 Å². The Hall–Kier alpha value is -2.77. The summed E-state index contributed by atoms with van der Waals surface area (Å²) in [5.41, 5.74) is 5.60. The van der Waals surface area contributed by atoms with Gasteiger partial charge in [-0.05, 0) is 50.0 Å². The summed E-state index contributed by atoms with van der Waals surface area (Å²) in [5.74, 6) is 0.806. The zero-order chi connectivity index (χ0) is 22.5. The summed E-state index contributed by atoms with van der Waals surface area (Å²) in [6.07, 6.45) is 4.35. The van der Waals surface area contributed by atoms with E-state index in [1.54, 1.807) is 6.08 Å². The first-order valence-corrected chi connectivity index (χ1v) is 12.9. The molecule has 166 valence electrons. The lowest BCUT2D eigenvalue weighted by molar-refractivity contribution is 0.101. The van der Waals surface area contributed by atoms with Gasteiger partial charge >= 0.3 is 0 Å². The number of hydrogen-bond donors (Lipinski definition) is 0. The molecular formula is C25H26N2O4S. The number of benzene rings is 2. The predicted molar refractivity (Wildman–Crippen MR) is 124 cm³/mol. The largest absolute Gasteiger partial charge is 0.452 e. The number of aryl methyl sites for hydroxylation is 1. The molecule has 2 aromatic rings. The first kappa shape index (κ1) is 21.1. The predicted octanol–water partition coefficient (Wildman–Crippen LogP) is 3.47. The quantitative estimate of drug-likeness (QED) is 0.667. The van der Waals surface area contributed by atoms with Crippen molar-refractivity contribution in [2.24, 2.45) is 4.99 Å². The lowest BCUT2D eigenvalue weighted by Gasteiger charge is -2.31. The standard InChI is InChI=1S/C25H26N2O4S/c1-16-7-8-20-24(28)23(13-22-19-6-4-3-5-17(19)14-26-22)31-25(20)21(16)15-27-11-9-18(10-12-27)32(2,29)30/h3-8,13,18H,9-12,14-15H2,1-2H3/b23-13-. The summed E-state index contributed by atoms with van der Waals surface area (Å²) >= 11 is 0. The van der Waals surface area contributed by atoms with Gasteiger partial charge in [0, 0.05) is 30.0 Å². The van der Waals surface area contributed by atoms with Crippen molar-refractivity contribution in [1.82, 2.24) is 4.90 Å². The van der Waals surface area contributed by atoms with Gasteiger partial charge in [0.25, 0.3) is 0 Å². The van der Waals surface area contributed by atoms with E-state index < -0.39 is 9.84 Å². The maximum atomic E-state index is 13.1. The maximum absolute atomic E-state index is 13.1. The fraction of sp³-hybridized carbons (Fsp3) is 0.360. The molecule has 6 nitrogen and oxygen atoms in total. The highest BCUT2D eigenvalue weighted by atomic mass is 32.2. The summed E-state index contributed by atoms with van der Waals surface area (Å²) in [7, 11) is -3.00. The minimum atomic E-state index is -3.00. The average molecular weight is 451 g/mol. The Labute approximate surface area is 188 Å². The number of likely N-dealkylation sites (tertiary alicyclic amines) is 1. The zero-order valence-electron chi connectivity index (χ0n) is 18.3. The fourth-order valence-electron chi connectivity index (χ4n) is 4.73. The van der Waals surface area contributed by atoms with Crippen molar-refractivity contribution in [3.63, 3.8) is 0 Å². The van der Waals surface area contributed by atoms with E-state index >= 15 is 0 Å². The number of ether oxygens (including phenoxy) is 1. The van der Waals surface area contributed by atoms with Crippen LogP contribution < -0.4 is 4.74 Å². The van der Waals surface area contributed by atoms with Gasteiger partial charge in [-0.2, -0.15) is 0 Å². The maximum Gasteiger partial charge on any atom is 0.232 e. The molecule has 0 aromatic heterocycles. The topological polar surface area (TPSA) is 76.0 Å². The van der Waals surface area contributed by atoms with Crippen molar-refractivity contribution in [3.05, 3.63) is 76.1 Å². The van der Waals surface area contributed by atoms with Crippen LogP contribution in [0.4, 0.5) is 0 Å². The highest BCUT2D eigenvalue weighted by Crippen LogP contribution is 2.38. The van der Waals surface area contributed by atoms with Gasteiger partial charge in [0.15, 0.2) is 5.76 Å². The molecule has 0 radical (unpaired) electrons. The summed E-state index contributed by atoms with van der Waals surface area (Å²) < 4.78 is 29.8. The normalized spacial score (nSPS) is 20.2. The Morgan fingerprint density at radius 2 is 1.88 bits per heavy atom. The van der Waals surface area contributed by atoms with Crippen LogP contribution in [0.5, 0.6) is 5.75 Å².